The van der Waals surface area contributed by atoms with Gasteiger partial charge < -0.3 is 5.32 Å². The van der Waals surface area contributed by atoms with E-state index in [9.17, 15) is 0 Å². The topological polar surface area (TPSA) is 24.9 Å². The molecule has 2 unspecified atom stereocenters. The van der Waals surface area contributed by atoms with E-state index in [0.29, 0.717) is 5.15 Å². The first kappa shape index (κ1) is 9.94. The maximum atomic E-state index is 5.93. The van der Waals surface area contributed by atoms with Gasteiger partial charge in [-0.05, 0) is 30.9 Å². The number of hydrogen-bond donors (Lipinski definition) is 1. The molecule has 0 bridgehead atoms. The van der Waals surface area contributed by atoms with Gasteiger partial charge in [-0.3, -0.25) is 0 Å². The molecule has 1 N–H and O–H groups in total. The van der Waals surface area contributed by atoms with Crippen molar-refractivity contribution in [3.63, 3.8) is 0 Å². The summed E-state index contributed by atoms with van der Waals surface area (Å²) >= 11 is 5.93. The van der Waals surface area contributed by atoms with Gasteiger partial charge >= 0.3 is 0 Å². The van der Waals surface area contributed by atoms with Crippen molar-refractivity contribution in [2.24, 2.45) is 11.8 Å². The van der Waals surface area contributed by atoms with Crippen LogP contribution in [0.1, 0.15) is 18.9 Å². The SMILES string of the molecule is CC1CC1CNCc1cccnc1Cl. The average molecular weight is 211 g/mol. The van der Waals surface area contributed by atoms with Crippen molar-refractivity contribution in [2.75, 3.05) is 6.54 Å². The van der Waals surface area contributed by atoms with Crippen LogP contribution in [0.4, 0.5) is 0 Å². The van der Waals surface area contributed by atoms with Gasteiger partial charge in [0, 0.05) is 18.3 Å². The molecule has 2 rings (SSSR count). The first-order chi connectivity index (χ1) is 6.77. The Hall–Kier alpha value is -0.600. The largest absolute Gasteiger partial charge is 0.312 e. The highest BCUT2D eigenvalue weighted by Gasteiger charge is 2.31. The molecule has 0 radical (unpaired) electrons. The molecule has 76 valence electrons. The van der Waals surface area contributed by atoms with Gasteiger partial charge in [0.1, 0.15) is 5.15 Å². The van der Waals surface area contributed by atoms with Crippen LogP contribution in [0.3, 0.4) is 0 Å². The van der Waals surface area contributed by atoms with E-state index in [1.54, 1.807) is 6.20 Å². The lowest BCUT2D eigenvalue weighted by Crippen LogP contribution is -2.17. The highest BCUT2D eigenvalue weighted by molar-refractivity contribution is 6.30. The third-order valence-corrected chi connectivity index (χ3v) is 3.17. The van der Waals surface area contributed by atoms with Gasteiger partial charge in [0.05, 0.1) is 0 Å². The lowest BCUT2D eigenvalue weighted by atomic mass is 10.2. The molecule has 2 atom stereocenters. The zero-order valence-electron chi connectivity index (χ0n) is 8.33. The van der Waals surface area contributed by atoms with Crippen molar-refractivity contribution in [1.82, 2.24) is 10.3 Å². The Morgan fingerprint density at radius 3 is 3.07 bits per heavy atom. The van der Waals surface area contributed by atoms with Gasteiger partial charge in [-0.1, -0.05) is 24.6 Å². The van der Waals surface area contributed by atoms with E-state index in [1.165, 1.54) is 6.42 Å². The lowest BCUT2D eigenvalue weighted by molar-refractivity contribution is 0.611. The summed E-state index contributed by atoms with van der Waals surface area (Å²) in [5.41, 5.74) is 1.09. The summed E-state index contributed by atoms with van der Waals surface area (Å²) in [5.74, 6) is 1.79. The molecule has 14 heavy (non-hydrogen) atoms. The third kappa shape index (κ3) is 2.46. The van der Waals surface area contributed by atoms with Crippen molar-refractivity contribution in [3.8, 4) is 0 Å². The molecule has 1 aromatic rings. The Bertz CT molecular complexity index is 314. The molecule has 1 aliphatic carbocycles. The van der Waals surface area contributed by atoms with Crippen LogP contribution in [0.25, 0.3) is 0 Å². The van der Waals surface area contributed by atoms with E-state index in [1.807, 2.05) is 12.1 Å². The van der Waals surface area contributed by atoms with Gasteiger partial charge in [-0.25, -0.2) is 4.98 Å². The van der Waals surface area contributed by atoms with E-state index >= 15 is 0 Å². The van der Waals surface area contributed by atoms with Gasteiger partial charge in [-0.15, -0.1) is 0 Å². The van der Waals surface area contributed by atoms with Crippen LogP contribution in [0.5, 0.6) is 0 Å². The standard InChI is InChI=1S/C11H15ClN2/c1-8-5-10(8)7-13-6-9-3-2-4-14-11(9)12/h2-4,8,10,13H,5-7H2,1H3. The van der Waals surface area contributed by atoms with Gasteiger partial charge in [0.15, 0.2) is 0 Å². The fraction of sp³-hybridized carbons (Fsp3) is 0.545. The first-order valence-electron chi connectivity index (χ1n) is 5.07. The molecule has 2 nitrogen and oxygen atoms in total. The zero-order valence-corrected chi connectivity index (χ0v) is 9.09. The van der Waals surface area contributed by atoms with E-state index in [4.69, 9.17) is 11.6 Å². The van der Waals surface area contributed by atoms with E-state index in [-0.39, 0.29) is 0 Å². The summed E-state index contributed by atoms with van der Waals surface area (Å²) in [4.78, 5) is 4.03. The second-order valence-electron chi connectivity index (χ2n) is 4.06. The zero-order chi connectivity index (χ0) is 9.97. The molecular weight excluding hydrogens is 196 g/mol. The quantitative estimate of drug-likeness (QED) is 0.773. The Balaban J connectivity index is 1.77. The van der Waals surface area contributed by atoms with E-state index < -0.39 is 0 Å². The van der Waals surface area contributed by atoms with Crippen molar-refractivity contribution in [3.05, 3.63) is 29.0 Å². The fourth-order valence-electron chi connectivity index (χ4n) is 1.63. The minimum Gasteiger partial charge on any atom is -0.312 e. The van der Waals surface area contributed by atoms with Crippen LogP contribution < -0.4 is 5.32 Å². The molecule has 0 amide bonds. The summed E-state index contributed by atoms with van der Waals surface area (Å²) in [5, 5.41) is 4.03. The second-order valence-corrected chi connectivity index (χ2v) is 4.42. The Kier molecular flexibility index (Phi) is 3.04. The summed E-state index contributed by atoms with van der Waals surface area (Å²) in [6.45, 7) is 4.23. The smallest absolute Gasteiger partial charge is 0.133 e. The summed E-state index contributed by atoms with van der Waals surface area (Å²) in [6.07, 6.45) is 3.09. The summed E-state index contributed by atoms with van der Waals surface area (Å²) < 4.78 is 0. The minimum absolute atomic E-state index is 0.615. The van der Waals surface area contributed by atoms with Crippen molar-refractivity contribution < 1.29 is 0 Å². The number of nitrogens with one attached hydrogen (secondary N) is 1. The summed E-state index contributed by atoms with van der Waals surface area (Å²) in [6, 6.07) is 3.93. The highest BCUT2D eigenvalue weighted by Crippen LogP contribution is 2.36. The Morgan fingerprint density at radius 1 is 1.64 bits per heavy atom. The molecule has 1 heterocycles. The van der Waals surface area contributed by atoms with Gasteiger partial charge in [0.25, 0.3) is 0 Å². The van der Waals surface area contributed by atoms with Crippen LogP contribution in [0, 0.1) is 11.8 Å². The number of hydrogen-bond acceptors (Lipinski definition) is 2. The van der Waals surface area contributed by atoms with Crippen molar-refractivity contribution >= 4 is 11.6 Å². The van der Waals surface area contributed by atoms with Crippen LogP contribution in [-0.4, -0.2) is 11.5 Å². The van der Waals surface area contributed by atoms with Gasteiger partial charge in [0.2, 0.25) is 0 Å². The number of rotatable bonds is 4. The maximum absolute atomic E-state index is 5.93. The number of aromatic nitrogens is 1. The molecular formula is C11H15ClN2. The van der Waals surface area contributed by atoms with Crippen molar-refractivity contribution in [1.29, 1.82) is 0 Å². The average Bonchev–Trinajstić information content (AvgIpc) is 2.86. The number of halogens is 1. The second kappa shape index (κ2) is 4.28. The predicted octanol–water partition coefficient (Wildman–Crippen LogP) is 2.48. The first-order valence-corrected chi connectivity index (χ1v) is 5.45. The molecule has 3 heteroatoms. The minimum atomic E-state index is 0.615. The molecule has 0 aliphatic heterocycles. The molecule has 0 saturated heterocycles. The van der Waals surface area contributed by atoms with E-state index in [2.05, 4.69) is 17.2 Å². The molecule has 1 saturated carbocycles. The lowest BCUT2D eigenvalue weighted by Gasteiger charge is -2.04. The fourth-order valence-corrected chi connectivity index (χ4v) is 1.81. The van der Waals surface area contributed by atoms with Crippen LogP contribution in [0.15, 0.2) is 18.3 Å². The highest BCUT2D eigenvalue weighted by atomic mass is 35.5. The maximum Gasteiger partial charge on any atom is 0.133 e. The molecule has 0 spiro atoms. The summed E-state index contributed by atoms with van der Waals surface area (Å²) in [7, 11) is 0. The third-order valence-electron chi connectivity index (χ3n) is 2.83. The Labute approximate surface area is 89.7 Å². The van der Waals surface area contributed by atoms with Gasteiger partial charge in [-0.2, -0.15) is 0 Å². The van der Waals surface area contributed by atoms with Crippen LogP contribution in [0.2, 0.25) is 5.15 Å². The molecule has 0 aromatic carbocycles. The number of nitrogens with zero attached hydrogens (tertiary/aromatic N) is 1. The monoisotopic (exact) mass is 210 g/mol. The van der Waals surface area contributed by atoms with E-state index in [0.717, 1.165) is 30.5 Å². The van der Waals surface area contributed by atoms with Crippen LogP contribution >= 0.6 is 11.6 Å². The number of pyridine rings is 1. The van der Waals surface area contributed by atoms with Crippen LogP contribution in [-0.2, 0) is 6.54 Å². The van der Waals surface area contributed by atoms with Crippen molar-refractivity contribution in [2.45, 2.75) is 19.9 Å². The molecule has 1 aliphatic rings. The Morgan fingerprint density at radius 2 is 2.43 bits per heavy atom. The predicted molar refractivity (Wildman–Crippen MR) is 58.2 cm³/mol. The molecule has 1 fully saturated rings. The molecule has 1 aromatic heterocycles. The normalized spacial score (nSPS) is 25.0.